The minimum absolute atomic E-state index is 0.00370. The van der Waals surface area contributed by atoms with Gasteiger partial charge in [-0.15, -0.1) is 0 Å². The molecule has 3 aromatic carbocycles. The molecular weight excluding hydrogens is 762 g/mol. The summed E-state index contributed by atoms with van der Waals surface area (Å²) in [6.45, 7) is 5.21. The molecule has 59 heavy (non-hydrogen) atoms. The molecule has 5 heterocycles. The zero-order valence-electron chi connectivity index (χ0n) is 33.5. The number of fused-ring (bicyclic) bond motifs is 1. The first-order valence-corrected chi connectivity index (χ1v) is 21.9. The van der Waals surface area contributed by atoms with E-state index in [1.54, 1.807) is 11.1 Å². The molecule has 0 bridgehead atoms. The van der Waals surface area contributed by atoms with Gasteiger partial charge in [0.15, 0.2) is 0 Å². The highest BCUT2D eigenvalue weighted by Crippen LogP contribution is 2.36. The van der Waals surface area contributed by atoms with Crippen molar-refractivity contribution >= 4 is 41.2 Å². The molecule has 12 heteroatoms. The SMILES string of the molecule is O=C1CCC(N2Cc3cc(C4CCN(CC5CCN(C(=O)[C@H]6CCC[C@@H](Nc7ncc(Cl)c(-c8cccc(-c9ccccc9)c8)n7)C6)CC5)CC4)ccc3C2=O)C(=O)N1. The molecule has 0 radical (unpaired) electrons. The van der Waals surface area contributed by atoms with Gasteiger partial charge in [-0.3, -0.25) is 24.5 Å². The van der Waals surface area contributed by atoms with Crippen LogP contribution >= 0.6 is 11.6 Å². The van der Waals surface area contributed by atoms with Gasteiger partial charge in [0.25, 0.3) is 5.91 Å². The van der Waals surface area contributed by atoms with E-state index >= 15 is 0 Å². The molecule has 1 aromatic heterocycles. The van der Waals surface area contributed by atoms with Crippen LogP contribution in [0.4, 0.5) is 5.95 Å². The number of benzene rings is 3. The van der Waals surface area contributed by atoms with Crippen molar-refractivity contribution in [3.8, 4) is 22.4 Å². The van der Waals surface area contributed by atoms with Gasteiger partial charge in [0.2, 0.25) is 23.7 Å². The van der Waals surface area contributed by atoms with Crippen LogP contribution in [0.25, 0.3) is 22.4 Å². The maximum Gasteiger partial charge on any atom is 0.255 e. The van der Waals surface area contributed by atoms with E-state index in [0.29, 0.717) is 52.9 Å². The third kappa shape index (κ3) is 8.64. The Kier molecular flexibility index (Phi) is 11.5. The van der Waals surface area contributed by atoms with Gasteiger partial charge in [-0.05, 0) is 111 Å². The van der Waals surface area contributed by atoms with Crippen molar-refractivity contribution in [2.24, 2.45) is 11.8 Å². The third-order valence-electron chi connectivity index (χ3n) is 13.4. The Hall–Kier alpha value is -5.13. The second kappa shape index (κ2) is 17.2. The molecule has 4 fully saturated rings. The van der Waals surface area contributed by atoms with Crippen LogP contribution in [-0.2, 0) is 20.9 Å². The molecule has 9 rings (SSSR count). The number of hydrogen-bond acceptors (Lipinski definition) is 8. The zero-order valence-corrected chi connectivity index (χ0v) is 34.2. The monoisotopic (exact) mass is 813 g/mol. The van der Waals surface area contributed by atoms with Crippen molar-refractivity contribution in [3.05, 3.63) is 101 Å². The average Bonchev–Trinajstić information content (AvgIpc) is 3.59. The van der Waals surface area contributed by atoms with E-state index in [-0.39, 0.29) is 36.1 Å². The van der Waals surface area contributed by atoms with Crippen molar-refractivity contribution in [1.82, 2.24) is 30.0 Å². The number of hydrogen-bond donors (Lipinski definition) is 2. The lowest BCUT2D eigenvalue weighted by atomic mass is 9.84. The van der Waals surface area contributed by atoms with E-state index in [4.69, 9.17) is 16.6 Å². The molecule has 4 amide bonds. The predicted octanol–water partition coefficient (Wildman–Crippen LogP) is 7.31. The molecule has 0 spiro atoms. The van der Waals surface area contributed by atoms with Crippen LogP contribution in [-0.4, -0.2) is 93.1 Å². The minimum atomic E-state index is -0.590. The molecule has 1 unspecified atom stereocenters. The number of nitrogens with one attached hydrogen (secondary N) is 2. The van der Waals surface area contributed by atoms with Gasteiger partial charge in [0, 0.05) is 55.7 Å². The topological polar surface area (TPSA) is 128 Å². The van der Waals surface area contributed by atoms with Gasteiger partial charge in [-0.1, -0.05) is 78.7 Å². The van der Waals surface area contributed by atoms with E-state index in [1.807, 2.05) is 36.4 Å². The van der Waals surface area contributed by atoms with Crippen molar-refractivity contribution in [3.63, 3.8) is 0 Å². The number of piperidine rings is 3. The molecule has 3 atom stereocenters. The maximum atomic E-state index is 13.9. The van der Waals surface area contributed by atoms with Crippen molar-refractivity contribution < 1.29 is 19.2 Å². The summed E-state index contributed by atoms with van der Waals surface area (Å²) in [4.78, 5) is 66.9. The largest absolute Gasteiger partial charge is 0.351 e. The van der Waals surface area contributed by atoms with Crippen LogP contribution in [0, 0.1) is 11.8 Å². The summed E-state index contributed by atoms with van der Waals surface area (Å²) in [7, 11) is 0. The summed E-state index contributed by atoms with van der Waals surface area (Å²) in [6.07, 6.45) is 10.2. The normalized spacial score (nSPS) is 23.3. The van der Waals surface area contributed by atoms with Crippen LogP contribution < -0.4 is 10.6 Å². The molecule has 2 N–H and O–H groups in total. The number of amides is 4. The van der Waals surface area contributed by atoms with E-state index in [9.17, 15) is 19.2 Å². The minimum Gasteiger partial charge on any atom is -0.351 e. The maximum absolute atomic E-state index is 13.9. The van der Waals surface area contributed by atoms with E-state index < -0.39 is 6.04 Å². The van der Waals surface area contributed by atoms with Gasteiger partial charge < -0.3 is 20.0 Å². The van der Waals surface area contributed by atoms with Gasteiger partial charge in [0.05, 0.1) is 16.9 Å². The highest BCUT2D eigenvalue weighted by atomic mass is 35.5. The van der Waals surface area contributed by atoms with Gasteiger partial charge in [-0.2, -0.15) is 0 Å². The third-order valence-corrected chi connectivity index (χ3v) is 13.7. The van der Waals surface area contributed by atoms with Gasteiger partial charge in [-0.25, -0.2) is 9.97 Å². The summed E-state index contributed by atoms with van der Waals surface area (Å²) < 4.78 is 0. The lowest BCUT2D eigenvalue weighted by Crippen LogP contribution is -2.52. The molecule has 1 saturated carbocycles. The Balaban J connectivity index is 0.731. The fourth-order valence-corrected chi connectivity index (χ4v) is 10.3. The Morgan fingerprint density at radius 3 is 2.41 bits per heavy atom. The highest BCUT2D eigenvalue weighted by Gasteiger charge is 2.40. The molecule has 11 nitrogen and oxygen atoms in total. The second-order valence-electron chi connectivity index (χ2n) is 17.2. The number of carbonyl (C=O) groups is 4. The number of rotatable bonds is 9. The summed E-state index contributed by atoms with van der Waals surface area (Å²) in [5.41, 5.74) is 6.77. The summed E-state index contributed by atoms with van der Waals surface area (Å²) in [5, 5.41) is 6.44. The van der Waals surface area contributed by atoms with E-state index in [0.717, 1.165) is 106 Å². The average molecular weight is 814 g/mol. The first-order chi connectivity index (χ1) is 28.8. The van der Waals surface area contributed by atoms with Crippen LogP contribution in [0.1, 0.15) is 91.6 Å². The summed E-state index contributed by atoms with van der Waals surface area (Å²) in [6, 6.07) is 24.2. The lowest BCUT2D eigenvalue weighted by molar-refractivity contribution is -0.138. The number of anilines is 1. The van der Waals surface area contributed by atoms with Crippen LogP contribution in [0.15, 0.2) is 79.0 Å². The van der Waals surface area contributed by atoms with Crippen LogP contribution in [0.2, 0.25) is 5.02 Å². The van der Waals surface area contributed by atoms with Crippen LogP contribution in [0.5, 0.6) is 0 Å². The van der Waals surface area contributed by atoms with E-state index in [2.05, 4.69) is 61.8 Å². The second-order valence-corrected chi connectivity index (χ2v) is 17.6. The molecule has 4 aromatic rings. The molecule has 1 aliphatic carbocycles. The first kappa shape index (κ1) is 39.3. The highest BCUT2D eigenvalue weighted by molar-refractivity contribution is 6.33. The quantitative estimate of drug-likeness (QED) is 0.169. The lowest BCUT2D eigenvalue weighted by Gasteiger charge is -2.39. The molecule has 3 saturated heterocycles. The number of nitrogens with zero attached hydrogens (tertiary/aromatic N) is 5. The standard InChI is InChI=1S/C47H52ClN7O4/c48-40-27-49-47(52-43(40)35-9-4-8-33(24-35)31-6-2-1-3-7-31)50-38-11-5-10-36(26-38)45(58)54-22-16-30(17-23-54)28-53-20-18-32(19-21-53)34-12-13-39-37(25-34)29-55(46(39)59)41-14-15-42(56)51-44(41)57/h1-4,6-9,12-13,24-25,27,30,32,36,38,41H,5,10-11,14-23,26,28-29H2,(H,49,50,52)(H,51,56,57)/t36-,38+,41?/m0/s1. The molecule has 306 valence electrons. The smallest absolute Gasteiger partial charge is 0.255 e. The Labute approximate surface area is 350 Å². The van der Waals surface area contributed by atoms with Crippen LogP contribution in [0.3, 0.4) is 0 Å². The predicted molar refractivity (Wildman–Crippen MR) is 227 cm³/mol. The number of likely N-dealkylation sites (tertiary alicyclic amines) is 2. The van der Waals surface area contributed by atoms with Crippen molar-refractivity contribution in [1.29, 1.82) is 0 Å². The first-order valence-electron chi connectivity index (χ1n) is 21.5. The molecule has 5 aliphatic rings. The van der Waals surface area contributed by atoms with Crippen molar-refractivity contribution in [2.45, 2.75) is 88.8 Å². The fraction of sp³-hybridized carbons (Fsp3) is 0.447. The van der Waals surface area contributed by atoms with Gasteiger partial charge >= 0.3 is 0 Å². The summed E-state index contributed by atoms with van der Waals surface area (Å²) in [5.74, 6) is 1.10. The number of halogens is 1. The molecule has 4 aliphatic heterocycles. The number of carbonyl (C=O) groups excluding carboxylic acids is 4. The zero-order chi connectivity index (χ0) is 40.5. The fourth-order valence-electron chi connectivity index (χ4n) is 10.1. The van der Waals surface area contributed by atoms with E-state index in [1.165, 1.54) is 5.56 Å². The number of aromatic nitrogens is 2. The molecular formula is C47H52ClN7O4. The number of imide groups is 1. The Morgan fingerprint density at radius 2 is 1.61 bits per heavy atom. The summed E-state index contributed by atoms with van der Waals surface area (Å²) >= 11 is 6.63. The van der Waals surface area contributed by atoms with Gasteiger partial charge in [0.1, 0.15) is 6.04 Å². The van der Waals surface area contributed by atoms with Crippen molar-refractivity contribution in [2.75, 3.05) is 38.0 Å². The Bertz CT molecular complexity index is 2220. The Morgan fingerprint density at radius 1 is 0.831 bits per heavy atom.